The lowest BCUT2D eigenvalue weighted by molar-refractivity contribution is -0.129. The molecule has 2 heterocycles. The molecule has 1 unspecified atom stereocenters. The van der Waals surface area contributed by atoms with Gasteiger partial charge in [-0.1, -0.05) is 49.0 Å². The Morgan fingerprint density at radius 3 is 2.68 bits per heavy atom. The number of hydrogen-bond acceptors (Lipinski definition) is 4. The highest BCUT2D eigenvalue weighted by molar-refractivity contribution is 8.00. The van der Waals surface area contributed by atoms with Gasteiger partial charge in [-0.05, 0) is 18.4 Å². The minimum absolute atomic E-state index is 0.163. The second kappa shape index (κ2) is 6.96. The van der Waals surface area contributed by atoms with Crippen molar-refractivity contribution in [3.05, 3.63) is 41.7 Å². The van der Waals surface area contributed by atoms with Gasteiger partial charge in [0.05, 0.1) is 0 Å². The van der Waals surface area contributed by atoms with E-state index in [2.05, 4.69) is 15.2 Å². The number of likely N-dealkylation sites (tertiary alicyclic amines) is 1. The summed E-state index contributed by atoms with van der Waals surface area (Å²) in [5.41, 5.74) is 1.01. The molecule has 1 saturated heterocycles. The third kappa shape index (κ3) is 3.32. The van der Waals surface area contributed by atoms with Gasteiger partial charge in [0.25, 0.3) is 0 Å². The highest BCUT2D eigenvalue weighted by atomic mass is 32.2. The number of nitrogens with zero attached hydrogens (tertiary/aromatic N) is 3. The normalized spacial score (nSPS) is 16.0. The predicted octanol–water partition coefficient (Wildman–Crippen LogP) is 2.82. The Hall–Kier alpha value is -1.82. The first-order valence-electron chi connectivity index (χ1n) is 7.69. The molecule has 1 N–H and O–H groups in total. The van der Waals surface area contributed by atoms with Crippen LogP contribution in [0.1, 0.15) is 36.4 Å². The number of aromatic amines is 1. The van der Waals surface area contributed by atoms with E-state index in [1.807, 2.05) is 42.2 Å². The third-order valence-corrected chi connectivity index (χ3v) is 4.92. The molecular formula is C16H20N4OS. The molecule has 1 aliphatic heterocycles. The van der Waals surface area contributed by atoms with Gasteiger partial charge in [0.15, 0.2) is 0 Å². The van der Waals surface area contributed by atoms with Gasteiger partial charge in [0, 0.05) is 19.5 Å². The lowest BCUT2D eigenvalue weighted by Gasteiger charge is -2.22. The van der Waals surface area contributed by atoms with Crippen LogP contribution in [-0.2, 0) is 11.2 Å². The second-order valence-corrected chi connectivity index (χ2v) is 6.43. The van der Waals surface area contributed by atoms with Crippen LogP contribution in [0.15, 0.2) is 35.5 Å². The Balaban J connectivity index is 1.83. The van der Waals surface area contributed by atoms with Crippen LogP contribution in [0.4, 0.5) is 0 Å². The molecule has 1 aromatic heterocycles. The number of H-pyrrole nitrogens is 1. The number of aryl methyl sites for hydroxylation is 1. The molecule has 0 bridgehead atoms. The first-order valence-corrected chi connectivity index (χ1v) is 8.57. The van der Waals surface area contributed by atoms with Gasteiger partial charge in [0.2, 0.25) is 11.1 Å². The summed E-state index contributed by atoms with van der Waals surface area (Å²) in [6.45, 7) is 3.74. The van der Waals surface area contributed by atoms with E-state index in [1.54, 1.807) is 0 Å². The minimum Gasteiger partial charge on any atom is -0.341 e. The Morgan fingerprint density at radius 2 is 2.05 bits per heavy atom. The zero-order valence-electron chi connectivity index (χ0n) is 12.7. The smallest absolute Gasteiger partial charge is 0.240 e. The average molecular weight is 316 g/mol. The van der Waals surface area contributed by atoms with Crippen molar-refractivity contribution in [2.24, 2.45) is 0 Å². The summed E-state index contributed by atoms with van der Waals surface area (Å²) >= 11 is 1.43. The first kappa shape index (κ1) is 15.1. The number of rotatable bonds is 5. The number of thioether (sulfide) groups is 1. The summed E-state index contributed by atoms with van der Waals surface area (Å²) < 4.78 is 0. The van der Waals surface area contributed by atoms with Crippen LogP contribution >= 0.6 is 11.8 Å². The van der Waals surface area contributed by atoms with Gasteiger partial charge in [-0.15, -0.1) is 5.10 Å². The van der Waals surface area contributed by atoms with Crippen molar-refractivity contribution >= 4 is 17.7 Å². The first-order chi connectivity index (χ1) is 10.8. The van der Waals surface area contributed by atoms with Crippen molar-refractivity contribution in [1.82, 2.24) is 20.1 Å². The molecule has 0 spiro atoms. The zero-order chi connectivity index (χ0) is 15.4. The molecule has 1 atom stereocenters. The number of amides is 1. The lowest BCUT2D eigenvalue weighted by Crippen LogP contribution is -2.31. The molecule has 0 aliphatic carbocycles. The molecule has 5 nitrogen and oxygen atoms in total. The molecule has 1 aromatic carbocycles. The summed E-state index contributed by atoms with van der Waals surface area (Å²) in [4.78, 5) is 19.3. The average Bonchev–Trinajstić information content (AvgIpc) is 3.24. The summed E-state index contributed by atoms with van der Waals surface area (Å²) in [5, 5.41) is 7.49. The van der Waals surface area contributed by atoms with Gasteiger partial charge < -0.3 is 4.90 Å². The van der Waals surface area contributed by atoms with Crippen LogP contribution in [0, 0.1) is 0 Å². The molecule has 1 aliphatic rings. The topological polar surface area (TPSA) is 61.9 Å². The highest BCUT2D eigenvalue weighted by Crippen LogP contribution is 2.35. The number of carbonyl (C=O) groups is 1. The molecule has 2 aromatic rings. The van der Waals surface area contributed by atoms with E-state index in [1.165, 1.54) is 11.8 Å². The van der Waals surface area contributed by atoms with Crippen molar-refractivity contribution in [1.29, 1.82) is 0 Å². The van der Waals surface area contributed by atoms with Crippen molar-refractivity contribution in [2.75, 3.05) is 13.1 Å². The molecule has 116 valence electrons. The lowest BCUT2D eigenvalue weighted by atomic mass is 10.1. The number of aromatic nitrogens is 3. The SMILES string of the molecule is CCc1nc(SC(C(=O)N2CCCC2)c2ccccc2)n[nH]1. The molecule has 1 fully saturated rings. The van der Waals surface area contributed by atoms with Gasteiger partial charge in [-0.3, -0.25) is 9.89 Å². The predicted molar refractivity (Wildman–Crippen MR) is 86.6 cm³/mol. The Morgan fingerprint density at radius 1 is 1.32 bits per heavy atom. The van der Waals surface area contributed by atoms with Gasteiger partial charge >= 0.3 is 0 Å². The van der Waals surface area contributed by atoms with Crippen molar-refractivity contribution in [3.8, 4) is 0 Å². The fourth-order valence-electron chi connectivity index (χ4n) is 2.59. The number of nitrogens with one attached hydrogen (secondary N) is 1. The summed E-state index contributed by atoms with van der Waals surface area (Å²) in [6.07, 6.45) is 3.00. The van der Waals surface area contributed by atoms with Crippen molar-refractivity contribution in [2.45, 2.75) is 36.6 Å². The molecule has 1 amide bonds. The molecule has 3 rings (SSSR count). The van der Waals surface area contributed by atoms with Gasteiger partial charge in [-0.2, -0.15) is 0 Å². The fraction of sp³-hybridized carbons (Fsp3) is 0.438. The van der Waals surface area contributed by atoms with E-state index in [0.717, 1.165) is 43.7 Å². The highest BCUT2D eigenvalue weighted by Gasteiger charge is 2.29. The van der Waals surface area contributed by atoms with E-state index >= 15 is 0 Å². The zero-order valence-corrected chi connectivity index (χ0v) is 13.5. The standard InChI is InChI=1S/C16H20N4OS/c1-2-13-17-16(19-18-13)22-14(12-8-4-3-5-9-12)15(21)20-10-6-7-11-20/h3-5,8-9,14H,2,6-7,10-11H2,1H3,(H,17,18,19). The molecule has 22 heavy (non-hydrogen) atoms. The van der Waals surface area contributed by atoms with Crippen LogP contribution in [0.25, 0.3) is 0 Å². The van der Waals surface area contributed by atoms with E-state index in [-0.39, 0.29) is 11.2 Å². The molecule has 0 radical (unpaired) electrons. The molecular weight excluding hydrogens is 296 g/mol. The second-order valence-electron chi connectivity index (χ2n) is 5.36. The largest absolute Gasteiger partial charge is 0.341 e. The van der Waals surface area contributed by atoms with Crippen LogP contribution in [0.3, 0.4) is 0 Å². The third-order valence-electron chi connectivity index (χ3n) is 3.81. The Bertz CT molecular complexity index is 622. The quantitative estimate of drug-likeness (QED) is 0.862. The van der Waals surface area contributed by atoms with Gasteiger partial charge in [-0.25, -0.2) is 4.98 Å². The van der Waals surface area contributed by atoms with Gasteiger partial charge in [0.1, 0.15) is 11.1 Å². The fourth-order valence-corrected chi connectivity index (χ4v) is 3.60. The van der Waals surface area contributed by atoms with Crippen LogP contribution in [-0.4, -0.2) is 39.1 Å². The minimum atomic E-state index is -0.278. The molecule has 0 saturated carbocycles. The molecule has 6 heteroatoms. The van der Waals surface area contributed by atoms with E-state index < -0.39 is 0 Å². The van der Waals surface area contributed by atoms with E-state index in [0.29, 0.717) is 5.16 Å². The Labute approximate surface area is 134 Å². The monoisotopic (exact) mass is 316 g/mol. The van der Waals surface area contributed by atoms with E-state index in [9.17, 15) is 4.79 Å². The van der Waals surface area contributed by atoms with E-state index in [4.69, 9.17) is 0 Å². The Kier molecular flexibility index (Phi) is 4.77. The summed E-state index contributed by atoms with van der Waals surface area (Å²) in [7, 11) is 0. The maximum absolute atomic E-state index is 12.9. The summed E-state index contributed by atoms with van der Waals surface area (Å²) in [5.74, 6) is 1.01. The van der Waals surface area contributed by atoms with Crippen LogP contribution in [0.5, 0.6) is 0 Å². The van der Waals surface area contributed by atoms with Crippen molar-refractivity contribution < 1.29 is 4.79 Å². The van der Waals surface area contributed by atoms with Crippen molar-refractivity contribution in [3.63, 3.8) is 0 Å². The number of benzene rings is 1. The van der Waals surface area contributed by atoms with Crippen LogP contribution in [0.2, 0.25) is 0 Å². The maximum atomic E-state index is 12.9. The van der Waals surface area contributed by atoms with Crippen LogP contribution < -0.4 is 0 Å². The number of carbonyl (C=O) groups excluding carboxylic acids is 1. The maximum Gasteiger partial charge on any atom is 0.240 e. The summed E-state index contributed by atoms with van der Waals surface area (Å²) in [6, 6.07) is 9.90. The number of hydrogen-bond donors (Lipinski definition) is 1.